The van der Waals surface area contributed by atoms with Gasteiger partial charge < -0.3 is 9.84 Å². The van der Waals surface area contributed by atoms with Crippen LogP contribution in [-0.4, -0.2) is 67.5 Å². The third-order valence-corrected chi connectivity index (χ3v) is 7.10. The van der Waals surface area contributed by atoms with E-state index in [9.17, 15) is 13.2 Å². The van der Waals surface area contributed by atoms with E-state index in [1.54, 1.807) is 22.6 Å². The van der Waals surface area contributed by atoms with Crippen LogP contribution in [0.4, 0.5) is 0 Å². The number of ether oxygens (including phenoxy) is 1. The summed E-state index contributed by atoms with van der Waals surface area (Å²) in [5, 5.41) is 8.98. The lowest BCUT2D eigenvalue weighted by atomic mass is 9.89. The molecule has 0 aliphatic carbocycles. The number of carbonyl (C=O) groups is 1. The number of hydrogen-bond donors (Lipinski definition) is 1. The fraction of sp³-hybridized carbons (Fsp3) is 0.933. The molecule has 2 fully saturated rings. The molecule has 0 aromatic heterocycles. The van der Waals surface area contributed by atoms with Gasteiger partial charge in [-0.3, -0.25) is 4.79 Å². The van der Waals surface area contributed by atoms with Crippen LogP contribution in [-0.2, 0) is 19.7 Å². The SMILES string of the molecule is COC1CCN(S(=O)(=O)N2CCC(CC(C)C(=O)O)CC2)CC1. The van der Waals surface area contributed by atoms with E-state index in [2.05, 4.69) is 0 Å². The van der Waals surface area contributed by atoms with E-state index >= 15 is 0 Å². The number of nitrogens with zero attached hydrogens (tertiary/aromatic N) is 2. The van der Waals surface area contributed by atoms with Crippen molar-refractivity contribution >= 4 is 16.2 Å². The number of hydrogen-bond acceptors (Lipinski definition) is 4. The van der Waals surface area contributed by atoms with E-state index in [0.29, 0.717) is 38.5 Å². The lowest BCUT2D eigenvalue weighted by molar-refractivity contribution is -0.141. The molecule has 0 spiro atoms. The van der Waals surface area contributed by atoms with Crippen molar-refractivity contribution in [3.63, 3.8) is 0 Å². The molecule has 1 N–H and O–H groups in total. The van der Waals surface area contributed by atoms with Crippen LogP contribution in [0.25, 0.3) is 0 Å². The van der Waals surface area contributed by atoms with Crippen molar-refractivity contribution in [3.8, 4) is 0 Å². The summed E-state index contributed by atoms with van der Waals surface area (Å²) in [6.45, 7) is 3.71. The molecule has 0 radical (unpaired) electrons. The lowest BCUT2D eigenvalue weighted by Gasteiger charge is -2.37. The zero-order chi connectivity index (χ0) is 17.0. The molecular formula is C15H28N2O5S. The van der Waals surface area contributed by atoms with Gasteiger partial charge in [0.25, 0.3) is 10.2 Å². The molecule has 0 bridgehead atoms. The summed E-state index contributed by atoms with van der Waals surface area (Å²) >= 11 is 0. The van der Waals surface area contributed by atoms with Crippen LogP contribution in [0.2, 0.25) is 0 Å². The first-order valence-corrected chi connectivity index (χ1v) is 9.75. The Morgan fingerprint density at radius 2 is 1.61 bits per heavy atom. The molecule has 7 nitrogen and oxygen atoms in total. The zero-order valence-electron chi connectivity index (χ0n) is 14.0. The number of rotatable bonds is 6. The molecule has 2 heterocycles. The summed E-state index contributed by atoms with van der Waals surface area (Å²) in [5.41, 5.74) is 0. The Hall–Kier alpha value is -0.700. The maximum Gasteiger partial charge on any atom is 0.306 e. The summed E-state index contributed by atoms with van der Waals surface area (Å²) < 4.78 is 33.8. The predicted molar refractivity (Wildman–Crippen MR) is 86.2 cm³/mol. The fourth-order valence-corrected chi connectivity index (χ4v) is 5.11. The average Bonchev–Trinajstić information content (AvgIpc) is 2.55. The van der Waals surface area contributed by atoms with Gasteiger partial charge in [-0.05, 0) is 38.0 Å². The minimum absolute atomic E-state index is 0.157. The Balaban J connectivity index is 1.85. The van der Waals surface area contributed by atoms with Gasteiger partial charge in [0.1, 0.15) is 0 Å². The maximum atomic E-state index is 12.7. The number of carboxylic acid groups (broad SMARTS) is 1. The minimum atomic E-state index is -3.39. The highest BCUT2D eigenvalue weighted by atomic mass is 32.2. The molecule has 0 saturated carbocycles. The third kappa shape index (κ3) is 4.65. The van der Waals surface area contributed by atoms with E-state index in [1.165, 1.54) is 0 Å². The fourth-order valence-electron chi connectivity index (χ4n) is 3.44. The predicted octanol–water partition coefficient (Wildman–Crippen LogP) is 1.16. The molecule has 23 heavy (non-hydrogen) atoms. The summed E-state index contributed by atoms with van der Waals surface area (Å²) in [5.74, 6) is -0.843. The van der Waals surface area contributed by atoms with Crippen LogP contribution < -0.4 is 0 Å². The summed E-state index contributed by atoms with van der Waals surface area (Å²) in [6, 6.07) is 0. The summed E-state index contributed by atoms with van der Waals surface area (Å²) in [7, 11) is -1.73. The molecule has 1 unspecified atom stereocenters. The van der Waals surface area contributed by atoms with E-state index in [4.69, 9.17) is 9.84 Å². The van der Waals surface area contributed by atoms with Crippen LogP contribution in [0.5, 0.6) is 0 Å². The summed E-state index contributed by atoms with van der Waals surface area (Å²) in [6.07, 6.45) is 3.74. The number of piperidine rings is 2. The molecule has 8 heteroatoms. The van der Waals surface area contributed by atoms with Crippen molar-refractivity contribution in [1.29, 1.82) is 0 Å². The first-order valence-electron chi connectivity index (χ1n) is 8.35. The Bertz CT molecular complexity index is 494. The number of carboxylic acids is 1. The largest absolute Gasteiger partial charge is 0.481 e. The van der Waals surface area contributed by atoms with Gasteiger partial charge in [0, 0.05) is 33.3 Å². The molecule has 0 aromatic rings. The van der Waals surface area contributed by atoms with Gasteiger partial charge in [0.05, 0.1) is 12.0 Å². The van der Waals surface area contributed by atoms with Crippen molar-refractivity contribution in [2.45, 2.75) is 45.1 Å². The number of methoxy groups -OCH3 is 1. The Labute approximate surface area is 138 Å². The van der Waals surface area contributed by atoms with Crippen LogP contribution in [0.3, 0.4) is 0 Å². The van der Waals surface area contributed by atoms with Gasteiger partial charge >= 0.3 is 5.97 Å². The van der Waals surface area contributed by atoms with Gasteiger partial charge in [-0.1, -0.05) is 6.92 Å². The quantitative estimate of drug-likeness (QED) is 0.778. The first-order chi connectivity index (χ1) is 10.8. The maximum absolute atomic E-state index is 12.7. The monoisotopic (exact) mass is 348 g/mol. The lowest BCUT2D eigenvalue weighted by Crippen LogP contribution is -2.50. The van der Waals surface area contributed by atoms with Crippen LogP contribution in [0, 0.1) is 11.8 Å². The molecular weight excluding hydrogens is 320 g/mol. The van der Waals surface area contributed by atoms with Crippen LogP contribution in [0.15, 0.2) is 0 Å². The molecule has 134 valence electrons. The summed E-state index contributed by atoms with van der Waals surface area (Å²) in [4.78, 5) is 10.9. The molecule has 2 saturated heterocycles. The molecule has 2 aliphatic rings. The highest BCUT2D eigenvalue weighted by molar-refractivity contribution is 7.86. The highest BCUT2D eigenvalue weighted by Crippen LogP contribution is 2.27. The Morgan fingerprint density at radius 3 is 2.04 bits per heavy atom. The topological polar surface area (TPSA) is 87.2 Å². The molecule has 2 aliphatic heterocycles. The Kier molecular flexibility index (Phi) is 6.41. The van der Waals surface area contributed by atoms with E-state index < -0.39 is 16.2 Å². The van der Waals surface area contributed by atoms with Gasteiger partial charge in [-0.15, -0.1) is 0 Å². The van der Waals surface area contributed by atoms with Crippen molar-refractivity contribution < 1.29 is 23.1 Å². The molecule has 0 aromatic carbocycles. The second-order valence-corrected chi connectivity index (χ2v) is 8.59. The smallest absolute Gasteiger partial charge is 0.306 e. The second-order valence-electron chi connectivity index (χ2n) is 6.66. The van der Waals surface area contributed by atoms with Crippen molar-refractivity contribution in [2.24, 2.45) is 11.8 Å². The highest BCUT2D eigenvalue weighted by Gasteiger charge is 2.35. The normalized spacial score (nSPS) is 24.6. The standard InChI is InChI=1S/C15H28N2O5S/c1-12(15(18)19)11-13-3-7-16(8-4-13)23(20,21)17-9-5-14(22-2)6-10-17/h12-14H,3-11H2,1-2H3,(H,18,19). The van der Waals surface area contributed by atoms with Crippen LogP contribution in [0.1, 0.15) is 39.0 Å². The van der Waals surface area contributed by atoms with Gasteiger partial charge in [0.2, 0.25) is 0 Å². The van der Waals surface area contributed by atoms with Crippen molar-refractivity contribution in [1.82, 2.24) is 8.61 Å². The van der Waals surface area contributed by atoms with Gasteiger partial charge in [0.15, 0.2) is 0 Å². The average molecular weight is 348 g/mol. The van der Waals surface area contributed by atoms with E-state index in [1.807, 2.05) is 0 Å². The second kappa shape index (κ2) is 7.92. The van der Waals surface area contributed by atoms with E-state index in [-0.39, 0.29) is 12.0 Å². The van der Waals surface area contributed by atoms with Crippen LogP contribution >= 0.6 is 0 Å². The van der Waals surface area contributed by atoms with E-state index in [0.717, 1.165) is 25.7 Å². The first kappa shape index (κ1) is 18.6. The van der Waals surface area contributed by atoms with Crippen molar-refractivity contribution in [3.05, 3.63) is 0 Å². The van der Waals surface area contributed by atoms with Gasteiger partial charge in [-0.2, -0.15) is 17.0 Å². The van der Waals surface area contributed by atoms with Gasteiger partial charge in [-0.25, -0.2) is 0 Å². The number of aliphatic carboxylic acids is 1. The third-order valence-electron chi connectivity index (χ3n) is 5.07. The molecule has 2 rings (SSSR count). The van der Waals surface area contributed by atoms with Crippen molar-refractivity contribution in [2.75, 3.05) is 33.3 Å². The Morgan fingerprint density at radius 1 is 1.13 bits per heavy atom. The zero-order valence-corrected chi connectivity index (χ0v) is 14.8. The molecule has 1 atom stereocenters. The minimum Gasteiger partial charge on any atom is -0.481 e. The molecule has 0 amide bonds.